The first-order valence-corrected chi connectivity index (χ1v) is 6.83. The fraction of sp³-hybridized carbons (Fsp3) is 0. The molecule has 0 saturated carbocycles. The maximum Gasteiger partial charge on any atom is 0.398 e. The number of furan rings is 2. The van der Waals surface area contributed by atoms with Gasteiger partial charge in [0.2, 0.25) is 5.76 Å². The Bertz CT molecular complexity index is 836. The first-order valence-electron chi connectivity index (χ1n) is 6.83. The lowest BCUT2D eigenvalue weighted by atomic mass is 10.3. The number of hydrogen-bond acceptors (Lipinski definition) is 7. The molecule has 24 heavy (non-hydrogen) atoms. The predicted octanol–water partition coefficient (Wildman–Crippen LogP) is 3.98. The number of nitrogens with zero attached hydrogens (tertiary/aromatic N) is 2. The molecule has 0 spiro atoms. The van der Waals surface area contributed by atoms with Crippen molar-refractivity contribution < 1.29 is 23.3 Å². The van der Waals surface area contributed by atoms with Crippen molar-refractivity contribution >= 4 is 23.3 Å². The molecule has 0 atom stereocenters. The van der Waals surface area contributed by atoms with Gasteiger partial charge in [0.05, 0.1) is 23.9 Å². The van der Waals surface area contributed by atoms with Crippen LogP contribution in [0.4, 0.5) is 11.4 Å². The van der Waals surface area contributed by atoms with E-state index in [1.165, 1.54) is 24.7 Å². The smallest absolute Gasteiger partial charge is 0.398 e. The number of carbonyl (C=O) groups is 2. The van der Waals surface area contributed by atoms with E-state index in [9.17, 15) is 9.59 Å². The first kappa shape index (κ1) is 15.2. The molecule has 0 saturated heterocycles. The molecule has 0 radical (unpaired) electrons. The van der Waals surface area contributed by atoms with Crippen molar-refractivity contribution in [2.24, 2.45) is 10.2 Å². The maximum absolute atomic E-state index is 11.6. The molecule has 0 bridgehead atoms. The minimum absolute atomic E-state index is 0.0874. The summed E-state index contributed by atoms with van der Waals surface area (Å²) in [7, 11) is 0. The van der Waals surface area contributed by atoms with Crippen LogP contribution in [-0.2, 0) is 4.84 Å². The van der Waals surface area contributed by atoms with Gasteiger partial charge in [-0.15, -0.1) is 10.2 Å². The Morgan fingerprint density at radius 1 is 0.917 bits per heavy atom. The molecule has 1 amide bonds. The fourth-order valence-electron chi connectivity index (χ4n) is 1.70. The summed E-state index contributed by atoms with van der Waals surface area (Å²) in [4.78, 5) is 28.0. The molecule has 0 aliphatic carbocycles. The molecule has 0 unspecified atom stereocenters. The molecular formula is C16H11N3O5. The third-order valence-corrected chi connectivity index (χ3v) is 2.84. The normalized spacial score (nSPS) is 10.7. The monoisotopic (exact) mass is 325 g/mol. The van der Waals surface area contributed by atoms with Crippen LogP contribution < -0.4 is 5.48 Å². The second-order valence-corrected chi connectivity index (χ2v) is 4.50. The van der Waals surface area contributed by atoms with Crippen LogP contribution in [0.3, 0.4) is 0 Å². The molecule has 1 aromatic carbocycles. The second kappa shape index (κ2) is 7.05. The van der Waals surface area contributed by atoms with Gasteiger partial charge in [0.1, 0.15) is 0 Å². The van der Waals surface area contributed by atoms with Crippen molar-refractivity contribution in [3.63, 3.8) is 0 Å². The number of rotatable bonds is 5. The minimum Gasteiger partial charge on any atom is -0.459 e. The molecule has 2 heterocycles. The third kappa shape index (κ3) is 3.74. The van der Waals surface area contributed by atoms with Crippen molar-refractivity contribution in [2.45, 2.75) is 0 Å². The Hall–Kier alpha value is -3.68. The number of nitrogens with one attached hydrogen (secondary N) is 1. The van der Waals surface area contributed by atoms with Gasteiger partial charge in [-0.25, -0.2) is 10.3 Å². The summed E-state index contributed by atoms with van der Waals surface area (Å²) in [5.74, 6) is -1.02. The van der Waals surface area contributed by atoms with Crippen LogP contribution in [0.1, 0.15) is 21.1 Å². The molecule has 0 fully saturated rings. The van der Waals surface area contributed by atoms with Crippen LogP contribution in [0.15, 0.2) is 80.1 Å². The molecule has 1 N–H and O–H groups in total. The van der Waals surface area contributed by atoms with Crippen LogP contribution in [0.25, 0.3) is 0 Å². The average molecular weight is 325 g/mol. The molecule has 120 valence electrons. The van der Waals surface area contributed by atoms with Gasteiger partial charge in [-0.2, -0.15) is 0 Å². The number of benzene rings is 1. The Balaban J connectivity index is 1.55. The maximum atomic E-state index is 11.6. The third-order valence-electron chi connectivity index (χ3n) is 2.84. The molecule has 0 aliphatic heterocycles. The van der Waals surface area contributed by atoms with Crippen LogP contribution in [-0.4, -0.2) is 11.9 Å². The number of amides is 1. The van der Waals surface area contributed by atoms with Crippen molar-refractivity contribution in [3.05, 3.63) is 72.6 Å². The van der Waals surface area contributed by atoms with Gasteiger partial charge >= 0.3 is 11.9 Å². The number of carbonyl (C=O) groups excluding carboxylic acids is 2. The zero-order valence-corrected chi connectivity index (χ0v) is 12.2. The highest BCUT2D eigenvalue weighted by Gasteiger charge is 2.10. The topological polar surface area (TPSA) is 106 Å². The van der Waals surface area contributed by atoms with Crippen LogP contribution in [0.2, 0.25) is 0 Å². The Morgan fingerprint density at radius 3 is 2.21 bits per heavy atom. The Labute approximate surface area is 135 Å². The standard InChI is InChI=1S/C16H11N3O5/c20-15(13-3-1-9-22-13)18-17-11-5-7-12(8-6-11)19-24-16(21)14-4-2-10-23-14/h1-10,19H. The van der Waals surface area contributed by atoms with Gasteiger partial charge in [-0.1, -0.05) is 0 Å². The summed E-state index contributed by atoms with van der Waals surface area (Å²) < 4.78 is 9.82. The van der Waals surface area contributed by atoms with Crippen molar-refractivity contribution in [3.8, 4) is 0 Å². The SMILES string of the molecule is O=C(N=Nc1ccc(NOC(=O)c2ccco2)cc1)c1ccco1. The van der Waals surface area contributed by atoms with Crippen LogP contribution in [0, 0.1) is 0 Å². The van der Waals surface area contributed by atoms with E-state index in [0.717, 1.165) is 0 Å². The van der Waals surface area contributed by atoms with Gasteiger partial charge in [0.25, 0.3) is 0 Å². The van der Waals surface area contributed by atoms with Gasteiger partial charge in [-0.05, 0) is 48.5 Å². The summed E-state index contributed by atoms with van der Waals surface area (Å²) >= 11 is 0. The zero-order valence-electron chi connectivity index (χ0n) is 12.2. The lowest BCUT2D eigenvalue weighted by Crippen LogP contribution is -2.09. The second-order valence-electron chi connectivity index (χ2n) is 4.50. The molecule has 2 aromatic heterocycles. The molecule has 3 aromatic rings. The quantitative estimate of drug-likeness (QED) is 0.561. The highest BCUT2D eigenvalue weighted by molar-refractivity contribution is 5.91. The summed E-state index contributed by atoms with van der Waals surface area (Å²) in [6.07, 6.45) is 2.76. The molecule has 8 nitrogen and oxygen atoms in total. The summed E-state index contributed by atoms with van der Waals surface area (Å²) in [6, 6.07) is 12.6. The highest BCUT2D eigenvalue weighted by atomic mass is 16.7. The number of anilines is 1. The summed E-state index contributed by atoms with van der Waals surface area (Å²) in [5, 5.41) is 7.35. The number of azo groups is 1. The first-order chi connectivity index (χ1) is 11.7. The van der Waals surface area contributed by atoms with Gasteiger partial charge in [-0.3, -0.25) is 4.79 Å². The van der Waals surface area contributed by atoms with E-state index >= 15 is 0 Å². The van der Waals surface area contributed by atoms with E-state index in [1.54, 1.807) is 36.4 Å². The molecule has 3 rings (SSSR count). The van der Waals surface area contributed by atoms with Gasteiger partial charge in [0.15, 0.2) is 5.76 Å². The minimum atomic E-state index is -0.646. The molecular weight excluding hydrogens is 314 g/mol. The van der Waals surface area contributed by atoms with Crippen molar-refractivity contribution in [1.82, 2.24) is 0 Å². The van der Waals surface area contributed by atoms with Gasteiger partial charge in [0, 0.05) is 0 Å². The van der Waals surface area contributed by atoms with Crippen LogP contribution in [0.5, 0.6) is 0 Å². The molecule has 0 aliphatic rings. The Kier molecular flexibility index (Phi) is 4.47. The van der Waals surface area contributed by atoms with E-state index in [0.29, 0.717) is 11.4 Å². The van der Waals surface area contributed by atoms with E-state index in [1.807, 2.05) is 0 Å². The lowest BCUT2D eigenvalue weighted by molar-refractivity contribution is 0.0560. The summed E-state index contributed by atoms with van der Waals surface area (Å²) in [5.41, 5.74) is 3.46. The largest absolute Gasteiger partial charge is 0.459 e. The zero-order chi connectivity index (χ0) is 16.8. The fourth-order valence-corrected chi connectivity index (χ4v) is 1.70. The van der Waals surface area contributed by atoms with E-state index in [2.05, 4.69) is 15.7 Å². The lowest BCUT2D eigenvalue weighted by Gasteiger charge is -2.05. The predicted molar refractivity (Wildman–Crippen MR) is 81.7 cm³/mol. The summed E-state index contributed by atoms with van der Waals surface area (Å²) in [6.45, 7) is 0. The Morgan fingerprint density at radius 2 is 1.58 bits per heavy atom. The van der Waals surface area contributed by atoms with E-state index in [4.69, 9.17) is 13.7 Å². The van der Waals surface area contributed by atoms with Crippen molar-refractivity contribution in [2.75, 3.05) is 5.48 Å². The van der Waals surface area contributed by atoms with E-state index < -0.39 is 11.9 Å². The van der Waals surface area contributed by atoms with E-state index in [-0.39, 0.29) is 11.5 Å². The van der Waals surface area contributed by atoms with Crippen molar-refractivity contribution in [1.29, 1.82) is 0 Å². The number of hydrogen-bond donors (Lipinski definition) is 1. The molecule has 8 heteroatoms. The average Bonchev–Trinajstić information content (AvgIpc) is 3.32. The highest BCUT2D eigenvalue weighted by Crippen LogP contribution is 2.17. The van der Waals surface area contributed by atoms with Crippen LogP contribution >= 0.6 is 0 Å². The van der Waals surface area contributed by atoms with Gasteiger partial charge < -0.3 is 13.7 Å².